The molecule has 14 heavy (non-hydrogen) atoms. The van der Waals surface area contributed by atoms with E-state index in [1.54, 1.807) is 0 Å². The summed E-state index contributed by atoms with van der Waals surface area (Å²) in [5, 5.41) is 3.81. The Morgan fingerprint density at radius 2 is 2.57 bits per heavy atom. The second-order valence-corrected chi connectivity index (χ2v) is 4.21. The molecule has 0 radical (unpaired) electrons. The maximum atomic E-state index is 11.6. The van der Waals surface area contributed by atoms with Crippen molar-refractivity contribution in [3.8, 4) is 0 Å². The fourth-order valence-electron chi connectivity index (χ4n) is 1.46. The smallest absolute Gasteiger partial charge is 0.174 e. The predicted molar refractivity (Wildman–Crippen MR) is 55.4 cm³/mol. The maximum absolute atomic E-state index is 11.6. The number of hydrogen-bond acceptors (Lipinski definition) is 4. The lowest BCUT2D eigenvalue weighted by Crippen LogP contribution is -2.21. The fraction of sp³-hybridized carbons (Fsp3) is 0.500. The average molecular weight is 211 g/mol. The first kappa shape index (κ1) is 9.83. The molecule has 1 aliphatic rings. The van der Waals surface area contributed by atoms with Crippen molar-refractivity contribution < 1.29 is 9.63 Å². The molecule has 2 rings (SSSR count). The molecule has 0 bridgehead atoms. The van der Waals surface area contributed by atoms with Crippen molar-refractivity contribution in [2.75, 3.05) is 19.7 Å². The van der Waals surface area contributed by atoms with Crippen LogP contribution in [0.5, 0.6) is 0 Å². The minimum atomic E-state index is 0.218. The Morgan fingerprint density at radius 1 is 1.64 bits per heavy atom. The average Bonchev–Trinajstić information content (AvgIpc) is 2.87. The van der Waals surface area contributed by atoms with Gasteiger partial charge in [0.2, 0.25) is 0 Å². The standard InChI is InChI=1S/C10H13NO2S/c12-9(10-3-1-8-14-10)4-6-11-5-2-7-13-11/h1,3,8H,2,4-7H2. The Morgan fingerprint density at radius 3 is 3.21 bits per heavy atom. The van der Waals surface area contributed by atoms with Gasteiger partial charge in [-0.2, -0.15) is 5.06 Å². The summed E-state index contributed by atoms with van der Waals surface area (Å²) in [6, 6.07) is 3.78. The first-order valence-electron chi connectivity index (χ1n) is 4.81. The number of thiophene rings is 1. The molecule has 0 unspecified atom stereocenters. The number of hydrogen-bond donors (Lipinski definition) is 0. The Labute approximate surface area is 87.2 Å². The number of ketones is 1. The Balaban J connectivity index is 1.78. The molecule has 4 heteroatoms. The largest absolute Gasteiger partial charge is 0.299 e. The van der Waals surface area contributed by atoms with Crippen LogP contribution in [-0.2, 0) is 4.84 Å². The minimum absolute atomic E-state index is 0.218. The molecule has 1 saturated heterocycles. The van der Waals surface area contributed by atoms with Crippen LogP contribution in [0.4, 0.5) is 0 Å². The van der Waals surface area contributed by atoms with Crippen molar-refractivity contribution in [2.24, 2.45) is 0 Å². The minimum Gasteiger partial charge on any atom is -0.299 e. The van der Waals surface area contributed by atoms with Crippen LogP contribution in [0.1, 0.15) is 22.5 Å². The first-order chi connectivity index (χ1) is 6.86. The molecule has 0 saturated carbocycles. The highest BCUT2D eigenvalue weighted by Crippen LogP contribution is 2.12. The van der Waals surface area contributed by atoms with Crippen LogP contribution in [0.25, 0.3) is 0 Å². The van der Waals surface area contributed by atoms with Gasteiger partial charge in [0.25, 0.3) is 0 Å². The third-order valence-corrected chi connectivity index (χ3v) is 3.12. The molecule has 0 N–H and O–H groups in total. The highest BCUT2D eigenvalue weighted by molar-refractivity contribution is 7.12. The summed E-state index contributed by atoms with van der Waals surface area (Å²) < 4.78 is 0. The normalized spacial score (nSPS) is 17.4. The van der Waals surface area contributed by atoms with Gasteiger partial charge in [0, 0.05) is 19.5 Å². The summed E-state index contributed by atoms with van der Waals surface area (Å²) >= 11 is 1.50. The van der Waals surface area contributed by atoms with Gasteiger partial charge in [-0.1, -0.05) is 6.07 Å². The van der Waals surface area contributed by atoms with Crippen LogP contribution < -0.4 is 0 Å². The van der Waals surface area contributed by atoms with E-state index in [-0.39, 0.29) is 5.78 Å². The van der Waals surface area contributed by atoms with Gasteiger partial charge in [-0.15, -0.1) is 11.3 Å². The Kier molecular flexibility index (Phi) is 3.29. The summed E-state index contributed by atoms with van der Waals surface area (Å²) in [5.74, 6) is 0.218. The van der Waals surface area contributed by atoms with Crippen LogP contribution >= 0.6 is 11.3 Å². The molecular weight excluding hydrogens is 198 g/mol. The van der Waals surface area contributed by atoms with Gasteiger partial charge < -0.3 is 0 Å². The molecule has 0 spiro atoms. The van der Waals surface area contributed by atoms with Gasteiger partial charge in [0.15, 0.2) is 5.78 Å². The molecule has 0 aromatic carbocycles. The van der Waals surface area contributed by atoms with E-state index in [1.165, 1.54) is 11.3 Å². The Hall–Kier alpha value is -0.710. The van der Waals surface area contributed by atoms with E-state index in [2.05, 4.69) is 0 Å². The van der Waals surface area contributed by atoms with Crippen molar-refractivity contribution in [3.05, 3.63) is 22.4 Å². The molecule has 1 aromatic heterocycles. The molecule has 0 aliphatic carbocycles. The topological polar surface area (TPSA) is 29.5 Å². The van der Waals surface area contributed by atoms with Crippen molar-refractivity contribution in [2.45, 2.75) is 12.8 Å². The van der Waals surface area contributed by atoms with Gasteiger partial charge in [0.1, 0.15) is 0 Å². The number of hydroxylamine groups is 2. The lowest BCUT2D eigenvalue weighted by molar-refractivity contribution is -0.108. The lowest BCUT2D eigenvalue weighted by atomic mass is 10.2. The second-order valence-electron chi connectivity index (χ2n) is 3.27. The fourth-order valence-corrected chi connectivity index (χ4v) is 2.16. The summed E-state index contributed by atoms with van der Waals surface area (Å²) in [6.07, 6.45) is 1.63. The van der Waals surface area contributed by atoms with E-state index in [0.717, 1.165) is 31.0 Å². The van der Waals surface area contributed by atoms with E-state index in [0.29, 0.717) is 6.42 Å². The van der Waals surface area contributed by atoms with Gasteiger partial charge in [-0.25, -0.2) is 0 Å². The summed E-state index contributed by atoms with van der Waals surface area (Å²) in [5.41, 5.74) is 0. The number of carbonyl (C=O) groups is 1. The van der Waals surface area contributed by atoms with Crippen molar-refractivity contribution in [1.29, 1.82) is 0 Å². The molecular formula is C10H13NO2S. The van der Waals surface area contributed by atoms with E-state index in [9.17, 15) is 4.79 Å². The molecule has 1 aromatic rings. The highest BCUT2D eigenvalue weighted by atomic mass is 32.1. The van der Waals surface area contributed by atoms with Crippen molar-refractivity contribution >= 4 is 17.1 Å². The number of Topliss-reactive ketones (excluding diaryl/α,β-unsaturated/α-hetero) is 1. The van der Waals surface area contributed by atoms with Gasteiger partial charge in [-0.3, -0.25) is 9.63 Å². The zero-order valence-corrected chi connectivity index (χ0v) is 8.76. The van der Waals surface area contributed by atoms with Crippen molar-refractivity contribution in [3.63, 3.8) is 0 Å². The predicted octanol–water partition coefficient (Wildman–Crippen LogP) is 1.96. The van der Waals surface area contributed by atoms with E-state index in [1.807, 2.05) is 22.6 Å². The van der Waals surface area contributed by atoms with Crippen molar-refractivity contribution in [1.82, 2.24) is 5.06 Å². The van der Waals surface area contributed by atoms with Gasteiger partial charge >= 0.3 is 0 Å². The monoisotopic (exact) mass is 211 g/mol. The van der Waals surface area contributed by atoms with E-state index < -0.39 is 0 Å². The molecule has 1 aliphatic heterocycles. The molecule has 0 atom stereocenters. The van der Waals surface area contributed by atoms with Gasteiger partial charge in [0.05, 0.1) is 11.5 Å². The molecule has 76 valence electrons. The summed E-state index contributed by atoms with van der Waals surface area (Å²) in [4.78, 5) is 17.7. The number of rotatable bonds is 4. The number of carbonyl (C=O) groups excluding carboxylic acids is 1. The highest BCUT2D eigenvalue weighted by Gasteiger charge is 2.14. The quantitative estimate of drug-likeness (QED) is 0.713. The number of nitrogens with zero attached hydrogens (tertiary/aromatic N) is 1. The molecule has 3 nitrogen and oxygen atoms in total. The van der Waals surface area contributed by atoms with Crippen LogP contribution in [0, 0.1) is 0 Å². The van der Waals surface area contributed by atoms with Gasteiger partial charge in [-0.05, 0) is 17.9 Å². The van der Waals surface area contributed by atoms with E-state index in [4.69, 9.17) is 4.84 Å². The third kappa shape index (κ3) is 2.41. The Bertz CT molecular complexity index is 291. The van der Waals surface area contributed by atoms with Crippen LogP contribution in [0.15, 0.2) is 17.5 Å². The second kappa shape index (κ2) is 4.68. The maximum Gasteiger partial charge on any atom is 0.174 e. The third-order valence-electron chi connectivity index (χ3n) is 2.21. The van der Waals surface area contributed by atoms with Crippen LogP contribution in [-0.4, -0.2) is 30.5 Å². The zero-order chi connectivity index (χ0) is 9.80. The first-order valence-corrected chi connectivity index (χ1v) is 5.69. The molecule has 2 heterocycles. The van der Waals surface area contributed by atoms with Crippen LogP contribution in [0.2, 0.25) is 0 Å². The summed E-state index contributed by atoms with van der Waals surface area (Å²) in [6.45, 7) is 2.47. The van der Waals surface area contributed by atoms with Crippen LogP contribution in [0.3, 0.4) is 0 Å². The lowest BCUT2D eigenvalue weighted by Gasteiger charge is -2.11. The SMILES string of the molecule is O=C(CCN1CCCO1)c1cccs1. The summed E-state index contributed by atoms with van der Waals surface area (Å²) in [7, 11) is 0. The zero-order valence-electron chi connectivity index (χ0n) is 7.94. The molecule has 0 amide bonds. The van der Waals surface area contributed by atoms with E-state index >= 15 is 0 Å². The molecule has 1 fully saturated rings.